The summed E-state index contributed by atoms with van der Waals surface area (Å²) in [6.07, 6.45) is 14.1. The van der Waals surface area contributed by atoms with Gasteiger partial charge in [0.2, 0.25) is 5.91 Å². The summed E-state index contributed by atoms with van der Waals surface area (Å²) in [6, 6.07) is 8.07. The molecule has 4 nitrogen and oxygen atoms in total. The van der Waals surface area contributed by atoms with Crippen molar-refractivity contribution in [3.05, 3.63) is 53.6 Å². The van der Waals surface area contributed by atoms with E-state index in [1.54, 1.807) is 0 Å². The number of carbonyl (C=O) groups excluding carboxylic acids is 2. The summed E-state index contributed by atoms with van der Waals surface area (Å²) < 4.78 is 4.96. The van der Waals surface area contributed by atoms with Crippen LogP contribution in [0.4, 0.5) is 0 Å². The molecule has 47 heavy (non-hydrogen) atoms. The van der Waals surface area contributed by atoms with E-state index in [2.05, 4.69) is 85.5 Å². The van der Waals surface area contributed by atoms with E-state index in [0.29, 0.717) is 47.0 Å². The number of carbonyl (C=O) groups is 2. The second kappa shape index (κ2) is 11.9. The van der Waals surface area contributed by atoms with Crippen molar-refractivity contribution in [3.63, 3.8) is 0 Å². The molecule has 5 aliphatic carbocycles. The molecule has 0 saturated heterocycles. The third-order valence-corrected chi connectivity index (χ3v) is 15.7. The second-order valence-corrected chi connectivity index (χ2v) is 18.4. The maximum atomic E-state index is 14.2. The van der Waals surface area contributed by atoms with Crippen LogP contribution in [0.2, 0.25) is 0 Å². The van der Waals surface area contributed by atoms with Gasteiger partial charge in [0.1, 0.15) is 0 Å². The van der Waals surface area contributed by atoms with E-state index in [4.69, 9.17) is 4.74 Å². The van der Waals surface area contributed by atoms with Crippen LogP contribution in [-0.2, 0) is 9.53 Å². The average Bonchev–Trinajstić information content (AvgIpc) is 3.42. The van der Waals surface area contributed by atoms with Gasteiger partial charge in [-0.3, -0.25) is 4.79 Å². The first-order valence-electron chi connectivity index (χ1n) is 18.9. The van der Waals surface area contributed by atoms with Crippen molar-refractivity contribution in [2.24, 2.45) is 62.6 Å². The predicted octanol–water partition coefficient (Wildman–Crippen LogP) is 10.3. The summed E-state index contributed by atoms with van der Waals surface area (Å²) in [5, 5.41) is 3.46. The first-order valence-corrected chi connectivity index (χ1v) is 18.9. The van der Waals surface area contributed by atoms with Crippen LogP contribution < -0.4 is 5.32 Å². The summed E-state index contributed by atoms with van der Waals surface area (Å²) in [4.78, 5) is 26.4. The van der Waals surface area contributed by atoms with Gasteiger partial charge in [0.25, 0.3) is 0 Å². The molecule has 9 unspecified atom stereocenters. The summed E-state index contributed by atoms with van der Waals surface area (Å²) >= 11 is 0. The molecule has 0 aromatic heterocycles. The first kappa shape index (κ1) is 34.5. The van der Waals surface area contributed by atoms with Gasteiger partial charge in [-0.25, -0.2) is 4.79 Å². The summed E-state index contributed by atoms with van der Waals surface area (Å²) in [7, 11) is 1.44. The number of hydrogen-bond donors (Lipinski definition) is 1. The molecule has 1 amide bonds. The number of allylic oxidation sites excluding steroid dienone is 3. The smallest absolute Gasteiger partial charge is 0.337 e. The Morgan fingerprint density at radius 3 is 2.26 bits per heavy atom. The monoisotopic (exact) mass is 641 g/mol. The van der Waals surface area contributed by atoms with Gasteiger partial charge in [-0.15, -0.1) is 0 Å². The van der Waals surface area contributed by atoms with Gasteiger partial charge in [0, 0.05) is 6.54 Å². The molecule has 0 spiro atoms. The molecule has 4 saturated carbocycles. The van der Waals surface area contributed by atoms with Crippen LogP contribution in [0.1, 0.15) is 136 Å². The van der Waals surface area contributed by atoms with Gasteiger partial charge < -0.3 is 10.1 Å². The molecule has 6 rings (SSSR count). The number of amides is 1. The lowest BCUT2D eigenvalue weighted by atomic mass is 9.32. The van der Waals surface area contributed by atoms with Crippen LogP contribution in [0.3, 0.4) is 0 Å². The maximum Gasteiger partial charge on any atom is 0.337 e. The molecular formula is C43H63NO3. The third kappa shape index (κ3) is 5.03. The topological polar surface area (TPSA) is 55.4 Å². The quantitative estimate of drug-likeness (QED) is 0.238. The maximum absolute atomic E-state index is 14.2. The zero-order valence-electron chi connectivity index (χ0n) is 31.1. The zero-order valence-corrected chi connectivity index (χ0v) is 31.1. The fourth-order valence-corrected chi connectivity index (χ4v) is 13.2. The van der Waals surface area contributed by atoms with Gasteiger partial charge in [-0.05, 0) is 152 Å². The Morgan fingerprint density at radius 1 is 0.915 bits per heavy atom. The molecule has 4 fully saturated rings. The van der Waals surface area contributed by atoms with Crippen molar-refractivity contribution in [2.45, 2.75) is 120 Å². The Labute approximate surface area is 286 Å². The second-order valence-electron chi connectivity index (χ2n) is 18.4. The van der Waals surface area contributed by atoms with Crippen LogP contribution in [0, 0.1) is 62.6 Å². The zero-order chi connectivity index (χ0) is 34.2. The number of nitrogens with one attached hydrogen (secondary N) is 1. The normalized spacial score (nSPS) is 40.3. The van der Waals surface area contributed by atoms with E-state index in [1.807, 2.05) is 12.1 Å². The van der Waals surface area contributed by atoms with E-state index in [-0.39, 0.29) is 33.0 Å². The number of rotatable bonds is 7. The third-order valence-electron chi connectivity index (χ3n) is 15.7. The SMILES string of the molecule is C=C(C)C1CCC2(C(=O)NCCC(C)C)CCC3(C)C(CCC4C5(C)CC=C(c6ccc(C(=O)OC)cc6)C(C)(C)C5CCC43C)C12. The fraction of sp³-hybridized carbons (Fsp3) is 0.721. The molecule has 0 radical (unpaired) electrons. The van der Waals surface area contributed by atoms with Gasteiger partial charge in [0.05, 0.1) is 18.1 Å². The highest BCUT2D eigenvalue weighted by molar-refractivity contribution is 5.90. The molecule has 258 valence electrons. The van der Waals surface area contributed by atoms with E-state index in [0.717, 1.165) is 38.6 Å². The van der Waals surface area contributed by atoms with Crippen LogP contribution in [0.15, 0.2) is 42.5 Å². The Morgan fingerprint density at radius 2 is 1.62 bits per heavy atom. The van der Waals surface area contributed by atoms with Gasteiger partial charge in [0.15, 0.2) is 0 Å². The van der Waals surface area contributed by atoms with Crippen molar-refractivity contribution >= 4 is 17.4 Å². The number of esters is 1. The minimum atomic E-state index is -0.282. The van der Waals surface area contributed by atoms with E-state index < -0.39 is 0 Å². The number of benzene rings is 1. The fourth-order valence-electron chi connectivity index (χ4n) is 13.2. The Balaban J connectivity index is 1.32. The standard InChI is InChI=1S/C43H63NO3/c1-27(2)20-26-44-38(46)43-23-17-31(28(3)4)36(43)33-15-16-35-40(7)21-18-32(29-11-13-30(14-12-29)37(45)47-10)39(5,6)34(40)19-22-42(35,9)41(33,8)24-25-43/h11-14,18,27,31,33-36H,3,15-17,19-26H2,1-2,4-10H3,(H,44,46). The molecule has 1 N–H and O–H groups in total. The van der Waals surface area contributed by atoms with Gasteiger partial charge in [-0.2, -0.15) is 0 Å². The molecule has 9 atom stereocenters. The lowest BCUT2D eigenvalue weighted by molar-refractivity contribution is -0.225. The molecule has 4 heteroatoms. The lowest BCUT2D eigenvalue weighted by Crippen LogP contribution is -2.66. The Kier molecular flexibility index (Phi) is 8.74. The summed E-state index contributed by atoms with van der Waals surface area (Å²) in [6.45, 7) is 25.0. The van der Waals surface area contributed by atoms with Crippen LogP contribution >= 0.6 is 0 Å². The molecule has 0 bridgehead atoms. The van der Waals surface area contributed by atoms with Crippen LogP contribution in [0.25, 0.3) is 5.57 Å². The number of methoxy groups -OCH3 is 1. The Bertz CT molecular complexity index is 1440. The first-order chi connectivity index (χ1) is 22.1. The van der Waals surface area contributed by atoms with E-state index in [9.17, 15) is 9.59 Å². The molecule has 0 aliphatic heterocycles. The number of ether oxygens (including phenoxy) is 1. The van der Waals surface area contributed by atoms with E-state index >= 15 is 0 Å². The van der Waals surface area contributed by atoms with Crippen molar-refractivity contribution in [1.29, 1.82) is 0 Å². The molecule has 0 heterocycles. The van der Waals surface area contributed by atoms with E-state index in [1.165, 1.54) is 55.9 Å². The summed E-state index contributed by atoms with van der Waals surface area (Å²) in [5.74, 6) is 3.34. The van der Waals surface area contributed by atoms with Crippen molar-refractivity contribution in [2.75, 3.05) is 13.7 Å². The lowest BCUT2D eigenvalue weighted by Gasteiger charge is -2.72. The Hall–Kier alpha value is -2.36. The minimum absolute atomic E-state index is 0.0329. The highest BCUT2D eigenvalue weighted by Crippen LogP contribution is 2.77. The number of hydrogen-bond acceptors (Lipinski definition) is 3. The molecule has 1 aromatic rings. The van der Waals surface area contributed by atoms with Crippen LogP contribution in [-0.4, -0.2) is 25.5 Å². The van der Waals surface area contributed by atoms with Gasteiger partial charge in [-0.1, -0.05) is 78.8 Å². The largest absolute Gasteiger partial charge is 0.465 e. The van der Waals surface area contributed by atoms with Gasteiger partial charge >= 0.3 is 5.97 Å². The highest BCUT2D eigenvalue weighted by Gasteiger charge is 2.71. The molecule has 1 aromatic carbocycles. The highest BCUT2D eigenvalue weighted by atomic mass is 16.5. The van der Waals surface area contributed by atoms with Crippen molar-refractivity contribution < 1.29 is 14.3 Å². The minimum Gasteiger partial charge on any atom is -0.465 e. The number of fused-ring (bicyclic) bond motifs is 7. The van der Waals surface area contributed by atoms with Crippen molar-refractivity contribution in [3.8, 4) is 0 Å². The van der Waals surface area contributed by atoms with Crippen LogP contribution in [0.5, 0.6) is 0 Å². The molecular weight excluding hydrogens is 578 g/mol. The summed E-state index contributed by atoms with van der Waals surface area (Å²) in [5.41, 5.74) is 5.05. The molecule has 5 aliphatic rings. The average molecular weight is 642 g/mol. The van der Waals surface area contributed by atoms with Crippen molar-refractivity contribution in [1.82, 2.24) is 5.32 Å². The predicted molar refractivity (Wildman–Crippen MR) is 193 cm³/mol.